The number of hydrogen-bond donors (Lipinski definition) is 2. The lowest BCUT2D eigenvalue weighted by Crippen LogP contribution is -2.59. The van der Waals surface area contributed by atoms with Crippen molar-refractivity contribution in [1.29, 1.82) is 0 Å². The molecule has 2 atom stereocenters. The summed E-state index contributed by atoms with van der Waals surface area (Å²) in [6.45, 7) is 0.811. The van der Waals surface area contributed by atoms with Gasteiger partial charge in [0.05, 0.1) is 0 Å². The molecule has 1 aromatic carbocycles. The van der Waals surface area contributed by atoms with Gasteiger partial charge in [0.25, 0.3) is 0 Å². The third kappa shape index (κ3) is 1.28. The molecule has 2 aliphatic rings. The highest BCUT2D eigenvalue weighted by molar-refractivity contribution is 5.80. The first-order chi connectivity index (χ1) is 7.71. The Labute approximate surface area is 94.5 Å². The molecular formula is C13H15NO2. The van der Waals surface area contributed by atoms with Crippen molar-refractivity contribution in [3.8, 4) is 0 Å². The fourth-order valence-electron chi connectivity index (χ4n) is 3.14. The van der Waals surface area contributed by atoms with Gasteiger partial charge in [-0.2, -0.15) is 0 Å². The van der Waals surface area contributed by atoms with Crippen LogP contribution >= 0.6 is 0 Å². The molecule has 1 saturated heterocycles. The monoisotopic (exact) mass is 217 g/mol. The van der Waals surface area contributed by atoms with Crippen molar-refractivity contribution in [2.24, 2.45) is 0 Å². The number of benzene rings is 1. The summed E-state index contributed by atoms with van der Waals surface area (Å²) in [7, 11) is 0. The molecule has 1 aliphatic carbocycles. The lowest BCUT2D eigenvalue weighted by molar-refractivity contribution is -0.146. The Kier molecular flexibility index (Phi) is 2.04. The molecule has 16 heavy (non-hydrogen) atoms. The fourth-order valence-corrected chi connectivity index (χ4v) is 3.14. The number of carbonyl (C=O) groups is 1. The number of hydrogen-bond acceptors (Lipinski definition) is 2. The van der Waals surface area contributed by atoms with Gasteiger partial charge in [0.15, 0.2) is 0 Å². The van der Waals surface area contributed by atoms with Crippen LogP contribution in [0.1, 0.15) is 29.9 Å². The van der Waals surface area contributed by atoms with Crippen LogP contribution in [0.3, 0.4) is 0 Å². The largest absolute Gasteiger partial charge is 0.480 e. The number of carboxylic acid groups (broad SMARTS) is 1. The Morgan fingerprint density at radius 3 is 3.06 bits per heavy atom. The predicted molar refractivity (Wildman–Crippen MR) is 60.5 cm³/mol. The molecule has 0 amide bonds. The van der Waals surface area contributed by atoms with Gasteiger partial charge in [0.1, 0.15) is 5.54 Å². The summed E-state index contributed by atoms with van der Waals surface area (Å²) in [6, 6.07) is 8.26. The fraction of sp³-hybridized carbons (Fsp3) is 0.462. The summed E-state index contributed by atoms with van der Waals surface area (Å²) in [4.78, 5) is 11.4. The van der Waals surface area contributed by atoms with E-state index in [4.69, 9.17) is 0 Å². The molecule has 3 rings (SSSR count). The maximum Gasteiger partial charge on any atom is 0.324 e. The van der Waals surface area contributed by atoms with Crippen LogP contribution in [-0.2, 0) is 11.2 Å². The Bertz CT molecular complexity index is 443. The Morgan fingerprint density at radius 1 is 1.44 bits per heavy atom. The van der Waals surface area contributed by atoms with E-state index in [1.165, 1.54) is 11.1 Å². The molecule has 0 radical (unpaired) electrons. The summed E-state index contributed by atoms with van der Waals surface area (Å²) < 4.78 is 0. The summed E-state index contributed by atoms with van der Waals surface area (Å²) in [5.74, 6) is -0.283. The number of carboxylic acids is 1. The first kappa shape index (κ1) is 9.85. The molecular weight excluding hydrogens is 202 g/mol. The van der Waals surface area contributed by atoms with E-state index < -0.39 is 11.5 Å². The van der Waals surface area contributed by atoms with E-state index in [2.05, 4.69) is 23.5 Å². The normalized spacial score (nSPS) is 31.9. The van der Waals surface area contributed by atoms with E-state index in [9.17, 15) is 9.90 Å². The van der Waals surface area contributed by atoms with Gasteiger partial charge in [-0.05, 0) is 36.4 Å². The topological polar surface area (TPSA) is 49.3 Å². The number of rotatable bonds is 1. The summed E-state index contributed by atoms with van der Waals surface area (Å²) in [5.41, 5.74) is 1.85. The molecule has 0 saturated carbocycles. The summed E-state index contributed by atoms with van der Waals surface area (Å²) in [6.07, 6.45) is 2.40. The lowest BCUT2D eigenvalue weighted by Gasteiger charge is -2.43. The van der Waals surface area contributed by atoms with Crippen molar-refractivity contribution in [1.82, 2.24) is 5.32 Å². The van der Waals surface area contributed by atoms with Crippen LogP contribution in [0, 0.1) is 0 Å². The second-order valence-corrected chi connectivity index (χ2v) is 4.88. The van der Waals surface area contributed by atoms with Crippen LogP contribution in [-0.4, -0.2) is 23.2 Å². The van der Waals surface area contributed by atoms with E-state index in [0.717, 1.165) is 19.4 Å². The minimum Gasteiger partial charge on any atom is -0.480 e. The van der Waals surface area contributed by atoms with Crippen molar-refractivity contribution >= 4 is 5.97 Å². The molecule has 1 fully saturated rings. The van der Waals surface area contributed by atoms with Gasteiger partial charge in [0, 0.05) is 6.42 Å². The molecule has 1 heterocycles. The van der Waals surface area contributed by atoms with Crippen LogP contribution in [0.4, 0.5) is 0 Å². The predicted octanol–water partition coefficient (Wildman–Crippen LogP) is 1.53. The highest BCUT2D eigenvalue weighted by atomic mass is 16.4. The van der Waals surface area contributed by atoms with E-state index in [1.807, 2.05) is 6.07 Å². The zero-order valence-electron chi connectivity index (χ0n) is 9.07. The third-order valence-electron chi connectivity index (χ3n) is 3.95. The first-order valence-electron chi connectivity index (χ1n) is 5.77. The molecule has 84 valence electrons. The van der Waals surface area contributed by atoms with E-state index in [-0.39, 0.29) is 0 Å². The zero-order valence-corrected chi connectivity index (χ0v) is 9.07. The van der Waals surface area contributed by atoms with E-state index in [1.54, 1.807) is 0 Å². The number of nitrogens with one attached hydrogen (secondary N) is 1. The van der Waals surface area contributed by atoms with E-state index >= 15 is 0 Å². The molecule has 2 unspecified atom stereocenters. The molecule has 0 spiro atoms. The Hall–Kier alpha value is -1.35. The maximum atomic E-state index is 11.4. The average Bonchev–Trinajstić information content (AvgIpc) is 2.29. The van der Waals surface area contributed by atoms with Crippen molar-refractivity contribution in [3.63, 3.8) is 0 Å². The quantitative estimate of drug-likeness (QED) is 0.750. The van der Waals surface area contributed by atoms with Gasteiger partial charge in [-0.3, -0.25) is 4.79 Å². The van der Waals surface area contributed by atoms with Gasteiger partial charge < -0.3 is 10.4 Å². The Morgan fingerprint density at radius 2 is 2.25 bits per heavy atom. The van der Waals surface area contributed by atoms with Gasteiger partial charge >= 0.3 is 5.97 Å². The Balaban J connectivity index is 2.09. The third-order valence-corrected chi connectivity index (χ3v) is 3.95. The second-order valence-electron chi connectivity index (χ2n) is 4.88. The molecule has 2 N–H and O–H groups in total. The van der Waals surface area contributed by atoms with Crippen molar-refractivity contribution in [2.45, 2.75) is 30.7 Å². The number of aliphatic carboxylic acids is 1. The average molecular weight is 217 g/mol. The SMILES string of the molecule is O=C(O)C12Cc3ccccc3C(CCN1)C2. The summed E-state index contributed by atoms with van der Waals surface area (Å²) >= 11 is 0. The van der Waals surface area contributed by atoms with Gasteiger partial charge in [-0.15, -0.1) is 0 Å². The van der Waals surface area contributed by atoms with Crippen molar-refractivity contribution in [3.05, 3.63) is 35.4 Å². The maximum absolute atomic E-state index is 11.4. The van der Waals surface area contributed by atoms with Crippen molar-refractivity contribution in [2.75, 3.05) is 6.54 Å². The smallest absolute Gasteiger partial charge is 0.324 e. The molecule has 0 aromatic heterocycles. The summed E-state index contributed by atoms with van der Waals surface area (Å²) in [5, 5.41) is 12.6. The first-order valence-corrected chi connectivity index (χ1v) is 5.77. The minimum atomic E-state index is -0.711. The van der Waals surface area contributed by atoms with Crippen LogP contribution in [0.25, 0.3) is 0 Å². The molecule has 3 nitrogen and oxygen atoms in total. The van der Waals surface area contributed by atoms with Gasteiger partial charge in [-0.25, -0.2) is 0 Å². The standard InChI is InChI=1S/C13H15NO2/c15-12(16)13-7-9-3-1-2-4-11(9)10(8-13)5-6-14-13/h1-4,10,14H,5-8H2,(H,15,16). The molecule has 3 heteroatoms. The number of piperidine rings is 1. The van der Waals surface area contributed by atoms with Crippen LogP contribution in [0.15, 0.2) is 24.3 Å². The molecule has 1 aliphatic heterocycles. The highest BCUT2D eigenvalue weighted by Gasteiger charge is 2.46. The van der Waals surface area contributed by atoms with E-state index in [0.29, 0.717) is 12.3 Å². The highest BCUT2D eigenvalue weighted by Crippen LogP contribution is 2.41. The molecule has 1 aromatic rings. The van der Waals surface area contributed by atoms with Crippen LogP contribution in [0.2, 0.25) is 0 Å². The molecule has 2 bridgehead atoms. The van der Waals surface area contributed by atoms with Crippen molar-refractivity contribution < 1.29 is 9.90 Å². The second kappa shape index (κ2) is 3.32. The van der Waals surface area contributed by atoms with Gasteiger partial charge in [0.2, 0.25) is 0 Å². The zero-order chi connectivity index (χ0) is 11.2. The lowest BCUT2D eigenvalue weighted by atomic mass is 9.69. The van der Waals surface area contributed by atoms with Gasteiger partial charge in [-0.1, -0.05) is 24.3 Å². The van der Waals surface area contributed by atoms with Crippen LogP contribution in [0.5, 0.6) is 0 Å². The van der Waals surface area contributed by atoms with Crippen LogP contribution < -0.4 is 5.32 Å². The number of fused-ring (bicyclic) bond motifs is 4. The minimum absolute atomic E-state index is 0.419.